The largest absolute Gasteiger partial charge is 0.383 e. The highest BCUT2D eigenvalue weighted by molar-refractivity contribution is 5.42. The molecule has 4 nitrogen and oxygen atoms in total. The van der Waals surface area contributed by atoms with E-state index in [9.17, 15) is 0 Å². The molecule has 1 N–H and O–H groups in total. The third-order valence-corrected chi connectivity index (χ3v) is 2.89. The second-order valence-electron chi connectivity index (χ2n) is 4.37. The van der Waals surface area contributed by atoms with Crippen LogP contribution in [0.25, 0.3) is 0 Å². The standard InChI is InChI=1S/C14H25N3O/c1-5-13-9-12(11-15-6-2)10-14(16-13)17(3)7-8-18-4/h9-10,15H,5-8,11H2,1-4H3. The number of hydrogen-bond acceptors (Lipinski definition) is 4. The van der Waals surface area contributed by atoms with Gasteiger partial charge in [-0.05, 0) is 30.7 Å². The lowest BCUT2D eigenvalue weighted by Gasteiger charge is -2.19. The van der Waals surface area contributed by atoms with E-state index in [0.29, 0.717) is 0 Å². The predicted octanol–water partition coefficient (Wildman–Crippen LogP) is 1.84. The molecule has 0 spiro atoms. The van der Waals surface area contributed by atoms with Crippen LogP contribution in [-0.2, 0) is 17.7 Å². The molecular weight excluding hydrogens is 226 g/mol. The smallest absolute Gasteiger partial charge is 0.128 e. The summed E-state index contributed by atoms with van der Waals surface area (Å²) in [5.74, 6) is 1.03. The van der Waals surface area contributed by atoms with E-state index in [4.69, 9.17) is 4.74 Å². The summed E-state index contributed by atoms with van der Waals surface area (Å²) >= 11 is 0. The van der Waals surface area contributed by atoms with Gasteiger partial charge in [0, 0.05) is 32.9 Å². The fraction of sp³-hybridized carbons (Fsp3) is 0.643. The average Bonchev–Trinajstić information content (AvgIpc) is 2.41. The number of aromatic nitrogens is 1. The van der Waals surface area contributed by atoms with E-state index in [2.05, 4.69) is 48.2 Å². The Balaban J connectivity index is 2.81. The molecule has 0 aliphatic carbocycles. The zero-order valence-corrected chi connectivity index (χ0v) is 12.0. The summed E-state index contributed by atoms with van der Waals surface area (Å²) in [5.41, 5.74) is 2.44. The summed E-state index contributed by atoms with van der Waals surface area (Å²) in [6, 6.07) is 4.33. The maximum Gasteiger partial charge on any atom is 0.128 e. The predicted molar refractivity (Wildman–Crippen MR) is 76.1 cm³/mol. The quantitative estimate of drug-likeness (QED) is 0.765. The van der Waals surface area contributed by atoms with Gasteiger partial charge in [0.15, 0.2) is 0 Å². The molecule has 0 radical (unpaired) electrons. The van der Waals surface area contributed by atoms with Gasteiger partial charge in [0.2, 0.25) is 0 Å². The number of hydrogen-bond donors (Lipinski definition) is 1. The highest BCUT2D eigenvalue weighted by Crippen LogP contribution is 2.14. The summed E-state index contributed by atoms with van der Waals surface area (Å²) in [5, 5.41) is 3.35. The van der Waals surface area contributed by atoms with Crippen LogP contribution in [0.2, 0.25) is 0 Å². The molecule has 0 aromatic carbocycles. The lowest BCUT2D eigenvalue weighted by molar-refractivity contribution is 0.206. The molecule has 1 aromatic rings. The van der Waals surface area contributed by atoms with E-state index in [1.807, 2.05) is 0 Å². The van der Waals surface area contributed by atoms with Crippen molar-refractivity contribution in [3.8, 4) is 0 Å². The number of rotatable bonds is 8. The number of aryl methyl sites for hydroxylation is 1. The average molecular weight is 251 g/mol. The van der Waals surface area contributed by atoms with Crippen molar-refractivity contribution in [3.05, 3.63) is 23.4 Å². The molecule has 0 atom stereocenters. The Hall–Kier alpha value is -1.13. The highest BCUT2D eigenvalue weighted by Gasteiger charge is 2.06. The van der Waals surface area contributed by atoms with Gasteiger partial charge in [0.05, 0.1) is 6.61 Å². The zero-order chi connectivity index (χ0) is 13.4. The van der Waals surface area contributed by atoms with E-state index in [1.54, 1.807) is 7.11 Å². The minimum Gasteiger partial charge on any atom is -0.383 e. The Labute approximate surface area is 110 Å². The Morgan fingerprint density at radius 1 is 1.33 bits per heavy atom. The van der Waals surface area contributed by atoms with Gasteiger partial charge in [-0.3, -0.25) is 0 Å². The van der Waals surface area contributed by atoms with Crippen LogP contribution in [0.5, 0.6) is 0 Å². The first-order valence-corrected chi connectivity index (χ1v) is 6.61. The van der Waals surface area contributed by atoms with E-state index < -0.39 is 0 Å². The van der Waals surface area contributed by atoms with Crippen molar-refractivity contribution in [1.29, 1.82) is 0 Å². The van der Waals surface area contributed by atoms with Crippen molar-refractivity contribution in [2.75, 3.05) is 38.8 Å². The summed E-state index contributed by atoms with van der Waals surface area (Å²) in [4.78, 5) is 6.79. The van der Waals surface area contributed by atoms with Crippen molar-refractivity contribution in [3.63, 3.8) is 0 Å². The zero-order valence-electron chi connectivity index (χ0n) is 12.0. The molecule has 0 fully saturated rings. The van der Waals surface area contributed by atoms with Gasteiger partial charge in [-0.15, -0.1) is 0 Å². The number of nitrogens with zero attached hydrogens (tertiary/aromatic N) is 2. The first-order valence-electron chi connectivity index (χ1n) is 6.61. The number of methoxy groups -OCH3 is 1. The lowest BCUT2D eigenvalue weighted by Crippen LogP contribution is -2.24. The molecule has 0 aliphatic heterocycles. The first-order chi connectivity index (χ1) is 8.71. The van der Waals surface area contributed by atoms with Crippen LogP contribution >= 0.6 is 0 Å². The lowest BCUT2D eigenvalue weighted by atomic mass is 10.2. The molecule has 0 bridgehead atoms. The van der Waals surface area contributed by atoms with E-state index in [0.717, 1.165) is 44.2 Å². The third kappa shape index (κ3) is 4.63. The summed E-state index contributed by atoms with van der Waals surface area (Å²) in [7, 11) is 3.78. The van der Waals surface area contributed by atoms with Gasteiger partial charge in [-0.2, -0.15) is 0 Å². The van der Waals surface area contributed by atoms with E-state index >= 15 is 0 Å². The van der Waals surface area contributed by atoms with Gasteiger partial charge in [-0.25, -0.2) is 4.98 Å². The van der Waals surface area contributed by atoms with Gasteiger partial charge in [0.25, 0.3) is 0 Å². The Kier molecular flexibility index (Phi) is 6.68. The van der Waals surface area contributed by atoms with E-state index in [1.165, 1.54) is 5.56 Å². The number of likely N-dealkylation sites (N-methyl/N-ethyl adjacent to an activating group) is 1. The molecule has 102 valence electrons. The fourth-order valence-corrected chi connectivity index (χ4v) is 1.72. The van der Waals surface area contributed by atoms with Crippen LogP contribution in [0.3, 0.4) is 0 Å². The maximum absolute atomic E-state index is 5.10. The second kappa shape index (κ2) is 8.06. The number of ether oxygens (including phenoxy) is 1. The fourth-order valence-electron chi connectivity index (χ4n) is 1.72. The van der Waals surface area contributed by atoms with Crippen molar-refractivity contribution < 1.29 is 4.74 Å². The van der Waals surface area contributed by atoms with Crippen molar-refractivity contribution >= 4 is 5.82 Å². The van der Waals surface area contributed by atoms with Crippen molar-refractivity contribution in [2.45, 2.75) is 26.8 Å². The molecule has 0 aliphatic rings. The Morgan fingerprint density at radius 2 is 2.11 bits per heavy atom. The normalized spacial score (nSPS) is 10.7. The molecule has 4 heteroatoms. The van der Waals surface area contributed by atoms with Crippen molar-refractivity contribution in [2.24, 2.45) is 0 Å². The minimum absolute atomic E-state index is 0.719. The van der Waals surface area contributed by atoms with Crippen LogP contribution in [0, 0.1) is 0 Å². The molecule has 18 heavy (non-hydrogen) atoms. The second-order valence-corrected chi connectivity index (χ2v) is 4.37. The van der Waals surface area contributed by atoms with Gasteiger partial charge < -0.3 is 15.0 Å². The summed E-state index contributed by atoms with van der Waals surface area (Å²) in [6.45, 7) is 7.72. The molecule has 1 aromatic heterocycles. The SMILES string of the molecule is CCNCc1cc(CC)nc(N(C)CCOC)c1. The topological polar surface area (TPSA) is 37.4 Å². The van der Waals surface area contributed by atoms with Crippen LogP contribution in [0.4, 0.5) is 5.82 Å². The van der Waals surface area contributed by atoms with Gasteiger partial charge in [-0.1, -0.05) is 13.8 Å². The van der Waals surface area contributed by atoms with Crippen LogP contribution in [0.15, 0.2) is 12.1 Å². The van der Waals surface area contributed by atoms with Crippen LogP contribution < -0.4 is 10.2 Å². The highest BCUT2D eigenvalue weighted by atomic mass is 16.5. The van der Waals surface area contributed by atoms with Crippen molar-refractivity contribution in [1.82, 2.24) is 10.3 Å². The number of anilines is 1. The molecular formula is C14H25N3O. The monoisotopic (exact) mass is 251 g/mol. The Bertz CT molecular complexity index is 355. The van der Waals surface area contributed by atoms with Gasteiger partial charge in [0.1, 0.15) is 5.82 Å². The van der Waals surface area contributed by atoms with Crippen LogP contribution in [-0.4, -0.2) is 38.8 Å². The third-order valence-electron chi connectivity index (χ3n) is 2.89. The molecule has 0 unspecified atom stereocenters. The summed E-state index contributed by atoms with van der Waals surface area (Å²) in [6.07, 6.45) is 0.963. The minimum atomic E-state index is 0.719. The molecule has 1 heterocycles. The first kappa shape index (κ1) is 14.9. The molecule has 0 amide bonds. The number of nitrogens with one attached hydrogen (secondary N) is 1. The van der Waals surface area contributed by atoms with E-state index in [-0.39, 0.29) is 0 Å². The molecule has 0 saturated heterocycles. The maximum atomic E-state index is 5.10. The molecule has 0 saturated carbocycles. The summed E-state index contributed by atoms with van der Waals surface area (Å²) < 4.78 is 5.10. The molecule has 1 rings (SSSR count). The Morgan fingerprint density at radius 3 is 2.72 bits per heavy atom. The van der Waals surface area contributed by atoms with Gasteiger partial charge >= 0.3 is 0 Å². The number of pyridine rings is 1. The van der Waals surface area contributed by atoms with Crippen LogP contribution in [0.1, 0.15) is 25.1 Å².